The molecule has 0 spiro atoms. The predicted molar refractivity (Wildman–Crippen MR) is 62.6 cm³/mol. The zero-order valence-corrected chi connectivity index (χ0v) is 8.76. The zero-order chi connectivity index (χ0) is 10.5. The summed E-state index contributed by atoms with van der Waals surface area (Å²) < 4.78 is 5.23. The van der Waals surface area contributed by atoms with Gasteiger partial charge in [-0.1, -0.05) is 43.3 Å². The first-order valence-electron chi connectivity index (χ1n) is 5.13. The summed E-state index contributed by atoms with van der Waals surface area (Å²) in [6.07, 6.45) is 5.85. The van der Waals surface area contributed by atoms with Gasteiger partial charge in [0.2, 0.25) is 0 Å². The molecule has 76 valence electrons. The van der Waals surface area contributed by atoms with Crippen molar-refractivity contribution >= 4 is 6.08 Å². The van der Waals surface area contributed by atoms with Crippen LogP contribution in [-0.2, 0) is 0 Å². The first kappa shape index (κ1) is 9.78. The second kappa shape index (κ2) is 4.65. The summed E-state index contributed by atoms with van der Waals surface area (Å²) in [4.78, 5) is 0. The van der Waals surface area contributed by atoms with Crippen molar-refractivity contribution in [2.24, 2.45) is 0 Å². The molecule has 0 amide bonds. The Balaban J connectivity index is 2.07. The molecular formula is C14H14O. The van der Waals surface area contributed by atoms with Gasteiger partial charge < -0.3 is 4.42 Å². The molecule has 0 bridgehead atoms. The van der Waals surface area contributed by atoms with Crippen LogP contribution in [-0.4, -0.2) is 0 Å². The van der Waals surface area contributed by atoms with Crippen molar-refractivity contribution in [3.8, 4) is 0 Å². The van der Waals surface area contributed by atoms with Crippen LogP contribution in [0.1, 0.15) is 24.2 Å². The molecule has 0 fully saturated rings. The first-order valence-corrected chi connectivity index (χ1v) is 5.13. The molecule has 0 N–H and O–H groups in total. The fourth-order valence-corrected chi connectivity index (χ4v) is 1.49. The summed E-state index contributed by atoms with van der Waals surface area (Å²) >= 11 is 0. The van der Waals surface area contributed by atoms with E-state index in [-0.39, 0.29) is 0 Å². The van der Waals surface area contributed by atoms with Gasteiger partial charge in [0, 0.05) is 0 Å². The Kier molecular flexibility index (Phi) is 3.03. The van der Waals surface area contributed by atoms with Crippen molar-refractivity contribution in [2.75, 3.05) is 0 Å². The molecule has 0 unspecified atom stereocenters. The van der Waals surface area contributed by atoms with E-state index in [1.807, 2.05) is 24.3 Å². The molecule has 1 aromatic heterocycles. The van der Waals surface area contributed by atoms with Gasteiger partial charge in [-0.2, -0.15) is 0 Å². The van der Waals surface area contributed by atoms with Crippen LogP contribution in [0, 0.1) is 0 Å². The second-order valence-corrected chi connectivity index (χ2v) is 3.57. The van der Waals surface area contributed by atoms with Crippen LogP contribution >= 0.6 is 0 Å². The SMILES string of the molecule is C[C@@H](/C=C/c1ccco1)c1ccccc1. The van der Waals surface area contributed by atoms with Crippen LogP contribution in [0.5, 0.6) is 0 Å². The Labute approximate surface area is 90.1 Å². The van der Waals surface area contributed by atoms with E-state index in [0.717, 1.165) is 5.76 Å². The lowest BCUT2D eigenvalue weighted by Gasteiger charge is -2.04. The van der Waals surface area contributed by atoms with Crippen LogP contribution in [0.4, 0.5) is 0 Å². The fraction of sp³-hybridized carbons (Fsp3) is 0.143. The summed E-state index contributed by atoms with van der Waals surface area (Å²) in [6.45, 7) is 2.18. The highest BCUT2D eigenvalue weighted by Gasteiger charge is 1.99. The smallest absolute Gasteiger partial charge is 0.126 e. The van der Waals surface area contributed by atoms with Gasteiger partial charge in [0.15, 0.2) is 0 Å². The fourth-order valence-electron chi connectivity index (χ4n) is 1.49. The molecule has 1 nitrogen and oxygen atoms in total. The molecule has 1 heteroatoms. The molecule has 2 aromatic rings. The summed E-state index contributed by atoms with van der Waals surface area (Å²) in [5.41, 5.74) is 1.32. The first-order chi connectivity index (χ1) is 7.36. The van der Waals surface area contributed by atoms with Gasteiger partial charge in [-0.25, -0.2) is 0 Å². The maximum atomic E-state index is 5.23. The van der Waals surface area contributed by atoms with E-state index in [4.69, 9.17) is 4.42 Å². The zero-order valence-electron chi connectivity index (χ0n) is 8.76. The van der Waals surface area contributed by atoms with Crippen molar-refractivity contribution < 1.29 is 4.42 Å². The highest BCUT2D eigenvalue weighted by atomic mass is 16.3. The summed E-state index contributed by atoms with van der Waals surface area (Å²) in [5, 5.41) is 0. The molecular weight excluding hydrogens is 184 g/mol. The lowest BCUT2D eigenvalue weighted by atomic mass is 10.0. The Morgan fingerprint density at radius 3 is 2.53 bits per heavy atom. The topological polar surface area (TPSA) is 13.1 Å². The average molecular weight is 198 g/mol. The van der Waals surface area contributed by atoms with Crippen molar-refractivity contribution in [3.63, 3.8) is 0 Å². The molecule has 0 saturated carbocycles. The molecule has 0 aliphatic rings. The molecule has 0 aliphatic heterocycles. The van der Waals surface area contributed by atoms with Gasteiger partial charge in [-0.3, -0.25) is 0 Å². The number of furan rings is 1. The van der Waals surface area contributed by atoms with E-state index < -0.39 is 0 Å². The van der Waals surface area contributed by atoms with Crippen molar-refractivity contribution in [2.45, 2.75) is 12.8 Å². The van der Waals surface area contributed by atoms with Crippen LogP contribution in [0.2, 0.25) is 0 Å². The van der Waals surface area contributed by atoms with Crippen LogP contribution in [0.15, 0.2) is 59.2 Å². The number of allylic oxidation sites excluding steroid dienone is 1. The lowest BCUT2D eigenvalue weighted by molar-refractivity contribution is 0.556. The summed E-state index contributed by atoms with van der Waals surface area (Å²) in [5.74, 6) is 1.31. The van der Waals surface area contributed by atoms with E-state index in [1.54, 1.807) is 6.26 Å². The Bertz CT molecular complexity index is 412. The van der Waals surface area contributed by atoms with Crippen LogP contribution in [0.25, 0.3) is 6.08 Å². The third-order valence-corrected chi connectivity index (χ3v) is 2.42. The number of benzene rings is 1. The Hall–Kier alpha value is -1.76. The third-order valence-electron chi connectivity index (χ3n) is 2.42. The van der Waals surface area contributed by atoms with Crippen molar-refractivity contribution in [3.05, 3.63) is 66.1 Å². The van der Waals surface area contributed by atoms with E-state index in [0.29, 0.717) is 5.92 Å². The minimum atomic E-state index is 0.413. The molecule has 1 heterocycles. The van der Waals surface area contributed by atoms with Crippen molar-refractivity contribution in [1.82, 2.24) is 0 Å². The monoisotopic (exact) mass is 198 g/mol. The molecule has 1 aromatic carbocycles. The minimum absolute atomic E-state index is 0.413. The highest BCUT2D eigenvalue weighted by Crippen LogP contribution is 2.17. The van der Waals surface area contributed by atoms with Crippen LogP contribution < -0.4 is 0 Å². The maximum absolute atomic E-state index is 5.23. The highest BCUT2D eigenvalue weighted by molar-refractivity contribution is 5.44. The lowest BCUT2D eigenvalue weighted by Crippen LogP contribution is -1.87. The quantitative estimate of drug-likeness (QED) is 0.723. The normalized spacial score (nSPS) is 13.1. The molecule has 0 radical (unpaired) electrons. The van der Waals surface area contributed by atoms with Crippen molar-refractivity contribution in [1.29, 1.82) is 0 Å². The Morgan fingerprint density at radius 2 is 1.87 bits per heavy atom. The van der Waals surface area contributed by atoms with Crippen LogP contribution in [0.3, 0.4) is 0 Å². The second-order valence-electron chi connectivity index (χ2n) is 3.57. The van der Waals surface area contributed by atoms with E-state index >= 15 is 0 Å². The van der Waals surface area contributed by atoms with Gasteiger partial charge in [0.05, 0.1) is 6.26 Å². The van der Waals surface area contributed by atoms with Gasteiger partial charge in [-0.05, 0) is 29.7 Å². The predicted octanol–water partition coefficient (Wildman–Crippen LogP) is 4.10. The standard InChI is InChI=1S/C14H14O/c1-12(13-6-3-2-4-7-13)9-10-14-8-5-11-15-14/h2-12H,1H3/b10-9+/t12-/m0/s1. The molecule has 15 heavy (non-hydrogen) atoms. The number of hydrogen-bond donors (Lipinski definition) is 0. The minimum Gasteiger partial charge on any atom is -0.465 e. The molecule has 1 atom stereocenters. The largest absolute Gasteiger partial charge is 0.465 e. The molecule has 2 rings (SSSR count). The van der Waals surface area contributed by atoms with Gasteiger partial charge in [-0.15, -0.1) is 0 Å². The molecule has 0 aliphatic carbocycles. The maximum Gasteiger partial charge on any atom is 0.126 e. The summed E-state index contributed by atoms with van der Waals surface area (Å²) in [7, 11) is 0. The van der Waals surface area contributed by atoms with Gasteiger partial charge in [0.25, 0.3) is 0 Å². The van der Waals surface area contributed by atoms with E-state index in [2.05, 4.69) is 37.3 Å². The van der Waals surface area contributed by atoms with E-state index in [9.17, 15) is 0 Å². The number of rotatable bonds is 3. The average Bonchev–Trinajstić information content (AvgIpc) is 2.80. The number of hydrogen-bond acceptors (Lipinski definition) is 1. The van der Waals surface area contributed by atoms with Gasteiger partial charge in [0.1, 0.15) is 5.76 Å². The third kappa shape index (κ3) is 2.59. The Morgan fingerprint density at radius 1 is 1.07 bits per heavy atom. The van der Waals surface area contributed by atoms with E-state index in [1.165, 1.54) is 5.56 Å². The molecule has 0 saturated heterocycles. The van der Waals surface area contributed by atoms with Gasteiger partial charge >= 0.3 is 0 Å². The summed E-state index contributed by atoms with van der Waals surface area (Å²) in [6, 6.07) is 14.3.